The van der Waals surface area contributed by atoms with E-state index in [0.29, 0.717) is 37.1 Å². The highest BCUT2D eigenvalue weighted by molar-refractivity contribution is 7.91. The van der Waals surface area contributed by atoms with Gasteiger partial charge in [0.15, 0.2) is 9.84 Å². The summed E-state index contributed by atoms with van der Waals surface area (Å²) >= 11 is 0. The first-order valence-corrected chi connectivity index (χ1v) is 15.7. The molecular formula is C29H38F3N3O5S. The van der Waals surface area contributed by atoms with Crippen LogP contribution in [0.4, 0.5) is 13.2 Å². The highest BCUT2D eigenvalue weighted by atomic mass is 32.2. The molecule has 0 saturated heterocycles. The van der Waals surface area contributed by atoms with Crippen LogP contribution < -0.4 is 5.32 Å². The molecule has 1 fully saturated rings. The Hall–Kier alpha value is -2.54. The third kappa shape index (κ3) is 7.46. The third-order valence-corrected chi connectivity index (χ3v) is 10.0. The van der Waals surface area contributed by atoms with Crippen molar-refractivity contribution in [3.05, 3.63) is 58.9 Å². The van der Waals surface area contributed by atoms with Crippen molar-refractivity contribution in [1.29, 1.82) is 0 Å². The molecule has 0 unspecified atom stereocenters. The number of nitrogens with one attached hydrogen (secondary N) is 1. The van der Waals surface area contributed by atoms with E-state index in [2.05, 4.69) is 22.1 Å². The number of alkyl halides is 3. The van der Waals surface area contributed by atoms with E-state index in [1.54, 1.807) is 19.1 Å². The topological polar surface area (TPSA) is 109 Å². The van der Waals surface area contributed by atoms with Gasteiger partial charge in [-0.1, -0.05) is 26.0 Å². The summed E-state index contributed by atoms with van der Waals surface area (Å²) < 4.78 is 68.7. The van der Waals surface area contributed by atoms with Crippen LogP contribution in [0.3, 0.4) is 0 Å². The van der Waals surface area contributed by atoms with Gasteiger partial charge in [-0.2, -0.15) is 13.2 Å². The maximum absolute atomic E-state index is 13.3. The molecule has 12 heteroatoms. The van der Waals surface area contributed by atoms with E-state index in [4.69, 9.17) is 9.84 Å². The number of nitrogens with zero attached hydrogens (tertiary/aromatic N) is 2. The number of benzene rings is 1. The molecule has 2 N–H and O–H groups in total. The molecule has 1 amide bonds. The number of halogens is 3. The minimum Gasteiger partial charge on any atom is -0.371 e. The van der Waals surface area contributed by atoms with Crippen molar-refractivity contribution < 1.29 is 36.2 Å². The van der Waals surface area contributed by atoms with Crippen molar-refractivity contribution in [1.82, 2.24) is 15.2 Å². The number of aromatic nitrogens is 1. The van der Waals surface area contributed by atoms with Crippen molar-refractivity contribution in [3.8, 4) is 0 Å². The van der Waals surface area contributed by atoms with E-state index in [0.717, 1.165) is 17.7 Å². The van der Waals surface area contributed by atoms with Gasteiger partial charge in [-0.15, -0.1) is 0 Å². The van der Waals surface area contributed by atoms with E-state index < -0.39 is 40.7 Å². The second-order valence-corrected chi connectivity index (χ2v) is 13.2. The standard InChI is InChI=1S/C29H38F3N3O5S/c1-3-26-27-22(16-35(26)15-19-5-9-23(10-6-19)29(30,31)32)13-21(14-33-27)28(37)34-25(17-40-18-36)20-7-11-24(12-8-20)41(38,39)4-2/h7-8,11-14,19,23,25-26,36H,3-6,9-10,15-18H2,1-2H3,(H,34,37)/t19-,23-,25-,26+/m0/s1. The summed E-state index contributed by atoms with van der Waals surface area (Å²) in [6.45, 7) is 4.33. The molecule has 1 aliphatic heterocycles. The van der Waals surface area contributed by atoms with Gasteiger partial charge >= 0.3 is 6.18 Å². The van der Waals surface area contributed by atoms with Crippen LogP contribution in [0.15, 0.2) is 41.4 Å². The molecule has 1 aromatic carbocycles. The van der Waals surface area contributed by atoms with Crippen LogP contribution in [0.1, 0.15) is 85.2 Å². The Morgan fingerprint density at radius 3 is 2.44 bits per heavy atom. The van der Waals surface area contributed by atoms with E-state index in [1.165, 1.54) is 18.3 Å². The zero-order valence-corrected chi connectivity index (χ0v) is 24.2. The number of carbonyl (C=O) groups is 1. The van der Waals surface area contributed by atoms with Gasteiger partial charge in [0.05, 0.1) is 46.5 Å². The summed E-state index contributed by atoms with van der Waals surface area (Å²) in [5.41, 5.74) is 2.78. The molecule has 1 aliphatic carbocycles. The van der Waals surface area contributed by atoms with Crippen LogP contribution >= 0.6 is 0 Å². The van der Waals surface area contributed by atoms with Crippen LogP contribution in [-0.2, 0) is 21.1 Å². The van der Waals surface area contributed by atoms with Gasteiger partial charge in [-0.25, -0.2) is 8.42 Å². The van der Waals surface area contributed by atoms with Crippen LogP contribution in [0.5, 0.6) is 0 Å². The molecule has 2 heterocycles. The van der Waals surface area contributed by atoms with Crippen molar-refractivity contribution in [2.75, 3.05) is 25.7 Å². The van der Waals surface area contributed by atoms with Crippen molar-refractivity contribution in [2.24, 2.45) is 11.8 Å². The number of rotatable bonds is 11. The Kier molecular flexibility index (Phi) is 10.1. The normalized spacial score (nSPS) is 22.3. The Morgan fingerprint density at radius 2 is 1.85 bits per heavy atom. The molecule has 1 aromatic heterocycles. The molecule has 0 spiro atoms. The lowest BCUT2D eigenvalue weighted by molar-refractivity contribution is -0.184. The van der Waals surface area contributed by atoms with Crippen LogP contribution in [0.2, 0.25) is 0 Å². The van der Waals surface area contributed by atoms with Gasteiger partial charge in [0.25, 0.3) is 5.91 Å². The SMILES string of the molecule is CC[C@@H]1c2ncc(C(=O)N[C@@H](COCO)c3ccc(S(=O)(=O)CC)cc3)cc2CN1C[C@H]1CC[C@H](C(F)(F)F)CC1. The largest absolute Gasteiger partial charge is 0.391 e. The summed E-state index contributed by atoms with van der Waals surface area (Å²) in [6.07, 6.45) is -0.346. The lowest BCUT2D eigenvalue weighted by Gasteiger charge is -2.33. The Bertz CT molecular complexity index is 1300. The fraction of sp³-hybridized carbons (Fsp3) is 0.586. The minimum atomic E-state index is -4.12. The average molecular weight is 598 g/mol. The van der Waals surface area contributed by atoms with Gasteiger partial charge in [0, 0.05) is 19.3 Å². The summed E-state index contributed by atoms with van der Waals surface area (Å²) in [5.74, 6) is -1.42. The number of aliphatic hydroxyl groups is 1. The highest BCUT2D eigenvalue weighted by Crippen LogP contribution is 2.42. The van der Waals surface area contributed by atoms with E-state index >= 15 is 0 Å². The van der Waals surface area contributed by atoms with Gasteiger partial charge in [-0.3, -0.25) is 14.7 Å². The van der Waals surface area contributed by atoms with Gasteiger partial charge in [0.1, 0.15) is 6.79 Å². The third-order valence-electron chi connectivity index (χ3n) is 8.29. The number of carbonyl (C=O) groups excluding carboxylic acids is 1. The minimum absolute atomic E-state index is 0.0250. The molecule has 4 rings (SSSR count). The van der Waals surface area contributed by atoms with E-state index in [9.17, 15) is 26.4 Å². The number of hydrogen-bond acceptors (Lipinski definition) is 7. The second kappa shape index (κ2) is 13.2. The number of ether oxygens (including phenoxy) is 1. The number of amides is 1. The van der Waals surface area contributed by atoms with E-state index in [1.807, 2.05) is 6.07 Å². The lowest BCUT2D eigenvalue weighted by atomic mass is 9.81. The van der Waals surface area contributed by atoms with Gasteiger partial charge < -0.3 is 15.2 Å². The number of aliphatic hydroxyl groups excluding tert-OH is 1. The van der Waals surface area contributed by atoms with Crippen molar-refractivity contribution in [3.63, 3.8) is 0 Å². The Morgan fingerprint density at radius 1 is 1.17 bits per heavy atom. The first-order valence-electron chi connectivity index (χ1n) is 14.1. The first-order chi connectivity index (χ1) is 19.5. The Labute approximate surface area is 239 Å². The maximum atomic E-state index is 13.3. The molecule has 0 radical (unpaired) electrons. The van der Waals surface area contributed by atoms with Crippen LogP contribution in [-0.4, -0.2) is 61.2 Å². The van der Waals surface area contributed by atoms with Gasteiger partial charge in [-0.05, 0) is 67.3 Å². The summed E-state index contributed by atoms with van der Waals surface area (Å²) in [4.78, 5) is 20.3. The predicted molar refractivity (Wildman–Crippen MR) is 147 cm³/mol. The first kappa shape index (κ1) is 31.4. The number of hydrogen-bond donors (Lipinski definition) is 2. The van der Waals surface area contributed by atoms with Crippen molar-refractivity contribution >= 4 is 15.7 Å². The van der Waals surface area contributed by atoms with Gasteiger partial charge in [0.2, 0.25) is 0 Å². The van der Waals surface area contributed by atoms with Crippen LogP contribution in [0.25, 0.3) is 0 Å². The molecule has 226 valence electrons. The summed E-state index contributed by atoms with van der Waals surface area (Å²) in [6, 6.07) is 7.40. The molecular weight excluding hydrogens is 559 g/mol. The smallest absolute Gasteiger partial charge is 0.371 e. The zero-order valence-electron chi connectivity index (χ0n) is 23.4. The molecule has 1 saturated carbocycles. The zero-order chi connectivity index (χ0) is 29.8. The fourth-order valence-corrected chi connectivity index (χ4v) is 6.81. The average Bonchev–Trinajstić information content (AvgIpc) is 3.31. The molecule has 0 bridgehead atoms. The quantitative estimate of drug-likeness (QED) is 0.353. The molecule has 41 heavy (non-hydrogen) atoms. The molecule has 2 atom stereocenters. The Balaban J connectivity index is 1.44. The number of fused-ring (bicyclic) bond motifs is 1. The fourth-order valence-electron chi connectivity index (χ4n) is 5.93. The molecule has 2 aliphatic rings. The summed E-state index contributed by atoms with van der Waals surface area (Å²) in [5, 5.41) is 12.1. The summed E-state index contributed by atoms with van der Waals surface area (Å²) in [7, 11) is -3.37. The highest BCUT2D eigenvalue weighted by Gasteiger charge is 2.42. The van der Waals surface area contributed by atoms with E-state index in [-0.39, 0.29) is 42.1 Å². The lowest BCUT2D eigenvalue weighted by Crippen LogP contribution is -2.33. The maximum Gasteiger partial charge on any atom is 0.391 e. The molecule has 8 nitrogen and oxygen atoms in total. The van der Waals surface area contributed by atoms with Crippen molar-refractivity contribution in [2.45, 2.75) is 75.7 Å². The molecule has 2 aromatic rings. The second-order valence-electron chi connectivity index (χ2n) is 10.9. The number of pyridine rings is 1. The van der Waals surface area contributed by atoms with Crippen LogP contribution in [0, 0.1) is 11.8 Å². The monoisotopic (exact) mass is 597 g/mol. The number of sulfone groups is 1. The predicted octanol–water partition coefficient (Wildman–Crippen LogP) is 4.95.